The minimum atomic E-state index is -0.183. The lowest BCUT2D eigenvalue weighted by atomic mass is 10.1. The number of nitrogens with zero attached hydrogens (tertiary/aromatic N) is 4. The highest BCUT2D eigenvalue weighted by atomic mass is 35.5. The Hall–Kier alpha value is -1.47. The van der Waals surface area contributed by atoms with Crippen LogP contribution in [-0.4, -0.2) is 43.5 Å². The second-order valence-corrected chi connectivity index (χ2v) is 6.80. The molecule has 128 valence electrons. The maximum atomic E-state index is 9.64. The van der Waals surface area contributed by atoms with Crippen LogP contribution < -0.4 is 0 Å². The first kappa shape index (κ1) is 17.4. The van der Waals surface area contributed by atoms with Gasteiger partial charge in [0.2, 0.25) is 0 Å². The molecule has 1 aromatic carbocycles. The molecule has 2 heterocycles. The van der Waals surface area contributed by atoms with Crippen LogP contribution in [0.5, 0.6) is 0 Å². The number of halogens is 1. The summed E-state index contributed by atoms with van der Waals surface area (Å²) in [5, 5.41) is 15.1. The smallest absolute Gasteiger partial charge is 0.199 e. The molecular formula is C17H21ClN4OS. The molecule has 3 rings (SSSR count). The highest BCUT2D eigenvalue weighted by Gasteiger charge is 2.19. The molecule has 7 heteroatoms. The van der Waals surface area contributed by atoms with E-state index >= 15 is 0 Å². The van der Waals surface area contributed by atoms with Crippen molar-refractivity contribution < 1.29 is 5.11 Å². The summed E-state index contributed by atoms with van der Waals surface area (Å²) in [4.78, 5) is 2.26. The molecule has 0 saturated carbocycles. The third-order valence-electron chi connectivity index (χ3n) is 4.23. The number of benzene rings is 1. The Morgan fingerprint density at radius 1 is 1.29 bits per heavy atom. The van der Waals surface area contributed by atoms with Crippen LogP contribution in [0, 0.1) is 4.77 Å². The molecule has 1 aromatic heterocycles. The van der Waals surface area contributed by atoms with Crippen LogP contribution >= 0.6 is 23.8 Å². The Balaban J connectivity index is 1.90. The molecule has 0 atom stereocenters. The minimum Gasteiger partial charge on any atom is -0.393 e. The van der Waals surface area contributed by atoms with Gasteiger partial charge in [-0.25, -0.2) is 4.68 Å². The highest BCUT2D eigenvalue weighted by molar-refractivity contribution is 7.71. The zero-order chi connectivity index (χ0) is 17.1. The number of aliphatic hydroxyl groups excluding tert-OH is 1. The Kier molecular flexibility index (Phi) is 5.50. The second-order valence-electron chi connectivity index (χ2n) is 6.00. The van der Waals surface area contributed by atoms with Gasteiger partial charge in [-0.2, -0.15) is 5.10 Å². The first-order chi connectivity index (χ1) is 11.6. The largest absolute Gasteiger partial charge is 0.393 e. The van der Waals surface area contributed by atoms with E-state index < -0.39 is 0 Å². The van der Waals surface area contributed by atoms with Gasteiger partial charge in [-0.1, -0.05) is 17.7 Å². The van der Waals surface area contributed by atoms with Crippen molar-refractivity contribution in [2.75, 3.05) is 13.1 Å². The van der Waals surface area contributed by atoms with Crippen molar-refractivity contribution in [3.8, 4) is 11.4 Å². The Labute approximate surface area is 151 Å². The SMILES string of the molecule is C=CCn1c(-c2ccc(Cl)cc2)nn(CN2CCC(O)CC2)c1=S. The zero-order valence-electron chi connectivity index (χ0n) is 13.4. The Morgan fingerprint density at radius 3 is 2.58 bits per heavy atom. The quantitative estimate of drug-likeness (QED) is 0.653. The van der Waals surface area contributed by atoms with Crippen molar-refractivity contribution in [2.45, 2.75) is 32.2 Å². The summed E-state index contributed by atoms with van der Waals surface area (Å²) >= 11 is 11.6. The number of allylic oxidation sites excluding steroid dienone is 1. The van der Waals surface area contributed by atoms with Crippen LogP contribution in [0.4, 0.5) is 0 Å². The molecule has 1 saturated heterocycles. The molecule has 1 aliphatic heterocycles. The summed E-state index contributed by atoms with van der Waals surface area (Å²) in [5.41, 5.74) is 0.972. The fourth-order valence-electron chi connectivity index (χ4n) is 2.89. The molecule has 1 aliphatic rings. The van der Waals surface area contributed by atoms with Gasteiger partial charge < -0.3 is 5.11 Å². The van der Waals surface area contributed by atoms with Crippen LogP contribution in [0.15, 0.2) is 36.9 Å². The average molecular weight is 365 g/mol. The van der Waals surface area contributed by atoms with E-state index in [2.05, 4.69) is 11.5 Å². The lowest BCUT2D eigenvalue weighted by Crippen LogP contribution is -2.37. The Morgan fingerprint density at radius 2 is 1.96 bits per heavy atom. The fourth-order valence-corrected chi connectivity index (χ4v) is 3.28. The van der Waals surface area contributed by atoms with Crippen molar-refractivity contribution in [1.82, 2.24) is 19.2 Å². The van der Waals surface area contributed by atoms with E-state index in [-0.39, 0.29) is 6.10 Å². The topological polar surface area (TPSA) is 46.2 Å². The van der Waals surface area contributed by atoms with Gasteiger partial charge in [0.1, 0.15) is 0 Å². The van der Waals surface area contributed by atoms with E-state index in [4.69, 9.17) is 28.9 Å². The molecule has 24 heavy (non-hydrogen) atoms. The number of piperidine rings is 1. The number of likely N-dealkylation sites (tertiary alicyclic amines) is 1. The average Bonchev–Trinajstić information content (AvgIpc) is 2.88. The fraction of sp³-hybridized carbons (Fsp3) is 0.412. The van der Waals surface area contributed by atoms with Crippen LogP contribution in [0.25, 0.3) is 11.4 Å². The summed E-state index contributed by atoms with van der Waals surface area (Å²) in [7, 11) is 0. The van der Waals surface area contributed by atoms with E-state index in [1.807, 2.05) is 39.6 Å². The van der Waals surface area contributed by atoms with Gasteiger partial charge >= 0.3 is 0 Å². The molecule has 1 fully saturated rings. The molecule has 0 spiro atoms. The maximum Gasteiger partial charge on any atom is 0.199 e. The molecule has 2 aromatic rings. The number of rotatable bonds is 5. The monoisotopic (exact) mass is 364 g/mol. The van der Waals surface area contributed by atoms with E-state index in [9.17, 15) is 5.11 Å². The lowest BCUT2D eigenvalue weighted by molar-refractivity contribution is 0.0650. The van der Waals surface area contributed by atoms with Crippen molar-refractivity contribution in [1.29, 1.82) is 0 Å². The third-order valence-corrected chi connectivity index (χ3v) is 4.91. The van der Waals surface area contributed by atoms with Crippen molar-refractivity contribution in [3.05, 3.63) is 46.7 Å². The summed E-state index contributed by atoms with van der Waals surface area (Å²) < 4.78 is 4.50. The van der Waals surface area contributed by atoms with Crippen molar-refractivity contribution in [3.63, 3.8) is 0 Å². The minimum absolute atomic E-state index is 0.183. The summed E-state index contributed by atoms with van der Waals surface area (Å²) in [5.74, 6) is 0.814. The van der Waals surface area contributed by atoms with Gasteiger partial charge in [-0.05, 0) is 49.3 Å². The number of hydrogen-bond acceptors (Lipinski definition) is 4. The molecule has 0 aliphatic carbocycles. The lowest BCUT2D eigenvalue weighted by Gasteiger charge is -2.28. The van der Waals surface area contributed by atoms with E-state index in [0.717, 1.165) is 37.3 Å². The van der Waals surface area contributed by atoms with Gasteiger partial charge in [-0.15, -0.1) is 6.58 Å². The molecule has 1 N–H and O–H groups in total. The normalized spacial score (nSPS) is 16.4. The second kappa shape index (κ2) is 7.61. The van der Waals surface area contributed by atoms with Gasteiger partial charge in [0, 0.05) is 30.2 Å². The molecule has 5 nitrogen and oxygen atoms in total. The van der Waals surface area contributed by atoms with Gasteiger partial charge in [0.25, 0.3) is 0 Å². The van der Waals surface area contributed by atoms with Crippen LogP contribution in [0.1, 0.15) is 12.8 Å². The standard InChI is InChI=1S/C17H21ClN4OS/c1-2-9-21-16(13-3-5-14(18)6-4-13)19-22(17(21)24)12-20-10-7-15(23)8-11-20/h2-6,15,23H,1,7-12H2. The number of aliphatic hydroxyl groups is 1. The summed E-state index contributed by atoms with van der Waals surface area (Å²) in [6.07, 6.45) is 3.23. The predicted molar refractivity (Wildman–Crippen MR) is 98.5 cm³/mol. The molecule has 0 amide bonds. The first-order valence-corrected chi connectivity index (χ1v) is 8.82. The zero-order valence-corrected chi connectivity index (χ0v) is 15.0. The summed E-state index contributed by atoms with van der Waals surface area (Å²) in [6, 6.07) is 7.59. The van der Waals surface area contributed by atoms with E-state index in [0.29, 0.717) is 23.0 Å². The number of aromatic nitrogens is 3. The van der Waals surface area contributed by atoms with Crippen LogP contribution in [-0.2, 0) is 13.2 Å². The summed E-state index contributed by atoms with van der Waals surface area (Å²) in [6.45, 7) is 6.77. The molecule has 0 radical (unpaired) electrons. The van der Waals surface area contributed by atoms with E-state index in [1.165, 1.54) is 0 Å². The van der Waals surface area contributed by atoms with Gasteiger partial charge in [-0.3, -0.25) is 9.47 Å². The predicted octanol–water partition coefficient (Wildman–Crippen LogP) is 3.33. The third kappa shape index (κ3) is 3.78. The Bertz CT molecular complexity index is 760. The van der Waals surface area contributed by atoms with Crippen molar-refractivity contribution in [2.24, 2.45) is 0 Å². The van der Waals surface area contributed by atoms with Crippen LogP contribution in [0.3, 0.4) is 0 Å². The molecule has 0 unspecified atom stereocenters. The van der Waals surface area contributed by atoms with Crippen LogP contribution in [0.2, 0.25) is 5.02 Å². The molecule has 0 bridgehead atoms. The number of hydrogen-bond donors (Lipinski definition) is 1. The van der Waals surface area contributed by atoms with E-state index in [1.54, 1.807) is 0 Å². The van der Waals surface area contributed by atoms with Gasteiger partial charge in [0.05, 0.1) is 12.8 Å². The van der Waals surface area contributed by atoms with Gasteiger partial charge in [0.15, 0.2) is 10.6 Å². The van der Waals surface area contributed by atoms with Crippen molar-refractivity contribution >= 4 is 23.8 Å². The first-order valence-electron chi connectivity index (χ1n) is 8.03. The molecular weight excluding hydrogens is 344 g/mol. The highest BCUT2D eigenvalue weighted by Crippen LogP contribution is 2.21. The maximum absolute atomic E-state index is 9.64.